The summed E-state index contributed by atoms with van der Waals surface area (Å²) in [6, 6.07) is 12.8. The lowest BCUT2D eigenvalue weighted by atomic mass is 10.2. The van der Waals surface area contributed by atoms with Crippen molar-refractivity contribution in [2.24, 2.45) is 0 Å². The van der Waals surface area contributed by atoms with Gasteiger partial charge < -0.3 is 19.5 Å². The molecule has 26 heavy (non-hydrogen) atoms. The van der Waals surface area contributed by atoms with Crippen LogP contribution in [0.4, 0.5) is 4.39 Å². The lowest BCUT2D eigenvalue weighted by Crippen LogP contribution is -2.21. The fourth-order valence-corrected chi connectivity index (χ4v) is 2.12. The van der Waals surface area contributed by atoms with Crippen LogP contribution in [0.1, 0.15) is 12.0 Å². The SMILES string of the molecule is COc1ccc(CNC(=O)CC#N)cc1OCCOc1ccc(F)cc1. The van der Waals surface area contributed by atoms with E-state index in [1.54, 1.807) is 36.4 Å². The molecule has 0 aromatic heterocycles. The van der Waals surface area contributed by atoms with Crippen LogP contribution >= 0.6 is 0 Å². The maximum absolute atomic E-state index is 12.8. The van der Waals surface area contributed by atoms with Crippen LogP contribution in [0.15, 0.2) is 42.5 Å². The number of nitrogens with one attached hydrogen (secondary N) is 1. The molecule has 0 heterocycles. The van der Waals surface area contributed by atoms with Gasteiger partial charge in [0.05, 0.1) is 13.2 Å². The van der Waals surface area contributed by atoms with Gasteiger partial charge in [0.1, 0.15) is 31.2 Å². The van der Waals surface area contributed by atoms with Gasteiger partial charge >= 0.3 is 0 Å². The third-order valence-corrected chi connectivity index (χ3v) is 3.38. The first-order valence-electron chi connectivity index (χ1n) is 7.94. The van der Waals surface area contributed by atoms with Crippen LogP contribution in [0.3, 0.4) is 0 Å². The van der Waals surface area contributed by atoms with E-state index >= 15 is 0 Å². The molecule has 136 valence electrons. The molecule has 1 amide bonds. The molecule has 1 N–H and O–H groups in total. The second-order valence-electron chi connectivity index (χ2n) is 5.25. The zero-order chi connectivity index (χ0) is 18.8. The first-order valence-corrected chi connectivity index (χ1v) is 7.94. The average molecular weight is 358 g/mol. The first-order chi connectivity index (χ1) is 12.6. The van der Waals surface area contributed by atoms with Gasteiger partial charge in [0.15, 0.2) is 11.5 Å². The predicted molar refractivity (Wildman–Crippen MR) is 92.5 cm³/mol. The molecule has 2 aromatic rings. The first kappa shape index (κ1) is 19.1. The highest BCUT2D eigenvalue weighted by atomic mass is 19.1. The zero-order valence-electron chi connectivity index (χ0n) is 14.3. The van der Waals surface area contributed by atoms with Gasteiger partial charge in [-0.05, 0) is 42.0 Å². The molecule has 2 rings (SSSR count). The lowest BCUT2D eigenvalue weighted by Gasteiger charge is -2.13. The second kappa shape index (κ2) is 9.89. The van der Waals surface area contributed by atoms with Gasteiger partial charge in [-0.1, -0.05) is 6.07 Å². The summed E-state index contributed by atoms with van der Waals surface area (Å²) in [7, 11) is 1.53. The standard InChI is InChI=1S/C19H19FN2O4/c1-24-17-7-2-14(13-22-19(23)8-9-21)12-18(17)26-11-10-25-16-5-3-15(20)4-6-16/h2-7,12H,8,10-11,13H2,1H3,(H,22,23). The van der Waals surface area contributed by atoms with E-state index in [0.717, 1.165) is 5.56 Å². The number of amides is 1. The minimum atomic E-state index is -0.335. The number of carbonyl (C=O) groups is 1. The number of ether oxygens (including phenoxy) is 3. The van der Waals surface area contributed by atoms with E-state index in [4.69, 9.17) is 19.5 Å². The molecular weight excluding hydrogens is 339 g/mol. The molecule has 0 aliphatic rings. The fourth-order valence-electron chi connectivity index (χ4n) is 2.12. The smallest absolute Gasteiger partial charge is 0.234 e. The number of rotatable bonds is 9. The van der Waals surface area contributed by atoms with Crippen LogP contribution in [0.25, 0.3) is 0 Å². The van der Waals surface area contributed by atoms with Gasteiger partial charge in [0.2, 0.25) is 5.91 Å². The van der Waals surface area contributed by atoms with Gasteiger partial charge in [-0.2, -0.15) is 5.26 Å². The molecule has 6 nitrogen and oxygen atoms in total. The molecule has 0 saturated carbocycles. The Bertz CT molecular complexity index is 772. The summed E-state index contributed by atoms with van der Waals surface area (Å²) in [5.41, 5.74) is 0.812. The van der Waals surface area contributed by atoms with Crippen LogP contribution in [0.5, 0.6) is 17.2 Å². The molecule has 0 bridgehead atoms. The number of halogens is 1. The number of nitriles is 1. The molecule has 0 saturated heterocycles. The molecule has 0 aliphatic carbocycles. The molecule has 7 heteroatoms. The highest BCUT2D eigenvalue weighted by molar-refractivity contribution is 5.77. The van der Waals surface area contributed by atoms with Gasteiger partial charge in [-0.3, -0.25) is 4.79 Å². The number of nitrogens with zero attached hydrogens (tertiary/aromatic N) is 1. The van der Waals surface area contributed by atoms with E-state index in [0.29, 0.717) is 17.2 Å². The summed E-state index contributed by atoms with van der Waals surface area (Å²) < 4.78 is 29.2. The predicted octanol–water partition coefficient (Wildman–Crippen LogP) is 2.82. The normalized spacial score (nSPS) is 9.88. The summed E-state index contributed by atoms with van der Waals surface area (Å²) in [6.45, 7) is 0.822. The Hall–Kier alpha value is -3.27. The Morgan fingerprint density at radius 1 is 1.12 bits per heavy atom. The molecule has 0 fully saturated rings. The molecule has 0 aliphatic heterocycles. The van der Waals surface area contributed by atoms with Crippen LogP contribution in [0.2, 0.25) is 0 Å². The topological polar surface area (TPSA) is 80.6 Å². The molecular formula is C19H19FN2O4. The highest BCUT2D eigenvalue weighted by Gasteiger charge is 2.07. The third-order valence-electron chi connectivity index (χ3n) is 3.38. The summed E-state index contributed by atoms with van der Waals surface area (Å²) >= 11 is 0. The Morgan fingerprint density at radius 2 is 1.85 bits per heavy atom. The van der Waals surface area contributed by atoms with Crippen LogP contribution in [0, 0.1) is 17.1 Å². The quantitative estimate of drug-likeness (QED) is 0.697. The van der Waals surface area contributed by atoms with Gasteiger partial charge in [0, 0.05) is 6.54 Å². The Labute approximate surface area is 151 Å². The largest absolute Gasteiger partial charge is 0.493 e. The second-order valence-corrected chi connectivity index (χ2v) is 5.25. The molecule has 0 unspecified atom stereocenters. The van der Waals surface area contributed by atoms with Crippen LogP contribution in [-0.4, -0.2) is 26.2 Å². The fraction of sp³-hybridized carbons (Fsp3) is 0.263. The number of methoxy groups -OCH3 is 1. The Kier molecular flexibility index (Phi) is 7.25. The van der Waals surface area contributed by atoms with Crippen molar-refractivity contribution < 1.29 is 23.4 Å². The van der Waals surface area contributed by atoms with Crippen molar-refractivity contribution in [1.29, 1.82) is 5.26 Å². The van der Waals surface area contributed by atoms with Crippen LogP contribution < -0.4 is 19.5 Å². The van der Waals surface area contributed by atoms with Crippen molar-refractivity contribution >= 4 is 5.91 Å². The summed E-state index contributed by atoms with van der Waals surface area (Å²) in [6.07, 6.45) is -0.180. The summed E-state index contributed by atoms with van der Waals surface area (Å²) in [4.78, 5) is 11.4. The van der Waals surface area contributed by atoms with E-state index in [1.165, 1.54) is 19.2 Å². The minimum Gasteiger partial charge on any atom is -0.493 e. The van der Waals surface area contributed by atoms with Gasteiger partial charge in [-0.25, -0.2) is 4.39 Å². The van der Waals surface area contributed by atoms with Crippen molar-refractivity contribution in [1.82, 2.24) is 5.32 Å². The summed E-state index contributed by atoms with van der Waals surface area (Å²) in [5, 5.41) is 11.1. The van der Waals surface area contributed by atoms with E-state index in [2.05, 4.69) is 5.32 Å². The molecule has 0 radical (unpaired) electrons. The van der Waals surface area contributed by atoms with Gasteiger partial charge in [-0.15, -0.1) is 0 Å². The molecule has 0 spiro atoms. The number of benzene rings is 2. The monoisotopic (exact) mass is 358 g/mol. The van der Waals surface area contributed by atoms with E-state index in [1.807, 2.05) is 0 Å². The minimum absolute atomic E-state index is 0.180. The van der Waals surface area contributed by atoms with Crippen molar-refractivity contribution in [3.63, 3.8) is 0 Å². The van der Waals surface area contributed by atoms with E-state index < -0.39 is 0 Å². The van der Waals surface area contributed by atoms with Crippen molar-refractivity contribution in [3.05, 3.63) is 53.8 Å². The summed E-state index contributed by atoms with van der Waals surface area (Å²) in [5.74, 6) is 0.965. The lowest BCUT2D eigenvalue weighted by molar-refractivity contribution is -0.120. The Morgan fingerprint density at radius 3 is 2.54 bits per heavy atom. The highest BCUT2D eigenvalue weighted by Crippen LogP contribution is 2.28. The average Bonchev–Trinajstić information content (AvgIpc) is 2.65. The third kappa shape index (κ3) is 5.98. The number of carbonyl (C=O) groups excluding carboxylic acids is 1. The molecule has 2 aromatic carbocycles. The van der Waals surface area contributed by atoms with E-state index in [-0.39, 0.29) is 37.9 Å². The molecule has 0 atom stereocenters. The number of hydrogen-bond acceptors (Lipinski definition) is 5. The Balaban J connectivity index is 1.88. The van der Waals surface area contributed by atoms with E-state index in [9.17, 15) is 9.18 Å². The number of hydrogen-bond donors (Lipinski definition) is 1. The maximum atomic E-state index is 12.8. The van der Waals surface area contributed by atoms with Crippen molar-refractivity contribution in [2.75, 3.05) is 20.3 Å². The zero-order valence-corrected chi connectivity index (χ0v) is 14.3. The van der Waals surface area contributed by atoms with Crippen LogP contribution in [-0.2, 0) is 11.3 Å². The maximum Gasteiger partial charge on any atom is 0.234 e. The van der Waals surface area contributed by atoms with Gasteiger partial charge in [0.25, 0.3) is 0 Å². The van der Waals surface area contributed by atoms with Crippen molar-refractivity contribution in [3.8, 4) is 23.3 Å². The van der Waals surface area contributed by atoms with Crippen molar-refractivity contribution in [2.45, 2.75) is 13.0 Å².